The summed E-state index contributed by atoms with van der Waals surface area (Å²) in [6.07, 6.45) is 2.44. The molecule has 1 unspecified atom stereocenters. The second-order valence-corrected chi connectivity index (χ2v) is 6.82. The van der Waals surface area contributed by atoms with E-state index in [9.17, 15) is 13.2 Å². The van der Waals surface area contributed by atoms with Crippen molar-refractivity contribution in [1.29, 1.82) is 0 Å². The van der Waals surface area contributed by atoms with Crippen molar-refractivity contribution in [2.45, 2.75) is 25.3 Å². The fraction of sp³-hybridized carbons (Fsp3) is 0.462. The number of anilines is 2. The van der Waals surface area contributed by atoms with Crippen molar-refractivity contribution in [3.05, 3.63) is 23.8 Å². The number of benzene rings is 1. The Bertz CT molecular complexity index is 674. The Labute approximate surface area is 135 Å². The van der Waals surface area contributed by atoms with Gasteiger partial charge in [-0.25, -0.2) is 5.14 Å². The maximum atomic E-state index is 12.1. The van der Waals surface area contributed by atoms with Gasteiger partial charge in [-0.05, 0) is 43.5 Å². The molecular formula is C13H19ClN4O3S. The average molecular weight is 347 g/mol. The minimum Gasteiger partial charge on any atom is -0.325 e. The predicted octanol–water partition coefficient (Wildman–Crippen LogP) is 0.365. The summed E-state index contributed by atoms with van der Waals surface area (Å²) in [4.78, 5) is 12.1. The minimum absolute atomic E-state index is 0. The van der Waals surface area contributed by atoms with Crippen LogP contribution in [0.2, 0.25) is 0 Å². The predicted molar refractivity (Wildman–Crippen MR) is 87.5 cm³/mol. The molecule has 7 nitrogen and oxygen atoms in total. The zero-order valence-corrected chi connectivity index (χ0v) is 13.5. The Hall–Kier alpha value is -1.35. The highest BCUT2D eigenvalue weighted by atomic mass is 35.5. The van der Waals surface area contributed by atoms with Gasteiger partial charge in [0.1, 0.15) is 0 Å². The molecule has 9 heteroatoms. The van der Waals surface area contributed by atoms with E-state index in [0.717, 1.165) is 24.9 Å². The Morgan fingerprint density at radius 2 is 2.18 bits per heavy atom. The number of halogens is 1. The first-order chi connectivity index (χ1) is 9.95. The van der Waals surface area contributed by atoms with Crippen LogP contribution < -0.4 is 20.1 Å². The smallest absolute Gasteiger partial charge is 0.299 e. The van der Waals surface area contributed by atoms with E-state index < -0.39 is 10.2 Å². The Balaban J connectivity index is 0.00000176. The molecule has 2 aliphatic heterocycles. The van der Waals surface area contributed by atoms with Gasteiger partial charge in [0, 0.05) is 12.2 Å². The van der Waals surface area contributed by atoms with Crippen LogP contribution in [0.15, 0.2) is 18.2 Å². The number of carbonyl (C=O) groups is 1. The molecule has 3 rings (SSSR count). The molecule has 0 radical (unpaired) electrons. The molecule has 22 heavy (non-hydrogen) atoms. The van der Waals surface area contributed by atoms with Gasteiger partial charge in [0.15, 0.2) is 0 Å². The lowest BCUT2D eigenvalue weighted by Gasteiger charge is -2.17. The van der Waals surface area contributed by atoms with Gasteiger partial charge < -0.3 is 10.6 Å². The van der Waals surface area contributed by atoms with Gasteiger partial charge in [-0.15, -0.1) is 12.4 Å². The molecule has 0 spiro atoms. The quantitative estimate of drug-likeness (QED) is 0.735. The maximum Gasteiger partial charge on any atom is 0.299 e. The molecular weight excluding hydrogens is 328 g/mol. The van der Waals surface area contributed by atoms with E-state index in [0.29, 0.717) is 24.3 Å². The number of hydrogen-bond acceptors (Lipinski definition) is 4. The Morgan fingerprint density at radius 3 is 2.82 bits per heavy atom. The second kappa shape index (κ2) is 6.41. The zero-order valence-electron chi connectivity index (χ0n) is 11.9. The molecule has 1 amide bonds. The third-order valence-electron chi connectivity index (χ3n) is 3.89. The largest absolute Gasteiger partial charge is 0.325 e. The topological polar surface area (TPSA) is 105 Å². The standard InChI is InChI=1S/C13H18N4O3S.ClH/c14-21(19,20)17-7-5-9-3-4-10(8-12(9)17)16-13(18)11-2-1-6-15-11;/h3-4,8,11,15H,1-2,5-7H2,(H,16,18)(H2,14,19,20);1H. The number of carbonyl (C=O) groups excluding carboxylic acids is 1. The summed E-state index contributed by atoms with van der Waals surface area (Å²) in [5.41, 5.74) is 2.05. The lowest BCUT2D eigenvalue weighted by molar-refractivity contribution is -0.117. The van der Waals surface area contributed by atoms with Crippen LogP contribution in [0.5, 0.6) is 0 Å². The minimum atomic E-state index is -3.77. The fourth-order valence-corrected chi connectivity index (χ4v) is 3.62. The summed E-state index contributed by atoms with van der Waals surface area (Å²) in [7, 11) is -3.77. The lowest BCUT2D eigenvalue weighted by atomic mass is 10.1. The van der Waals surface area contributed by atoms with Gasteiger partial charge in [0.05, 0.1) is 11.7 Å². The molecule has 2 aliphatic rings. The van der Waals surface area contributed by atoms with E-state index >= 15 is 0 Å². The molecule has 1 saturated heterocycles. The molecule has 0 bridgehead atoms. The summed E-state index contributed by atoms with van der Waals surface area (Å²) in [5, 5.41) is 11.2. The highest BCUT2D eigenvalue weighted by Gasteiger charge is 2.27. The van der Waals surface area contributed by atoms with Crippen LogP contribution in [0.1, 0.15) is 18.4 Å². The van der Waals surface area contributed by atoms with Crippen LogP contribution in [0.25, 0.3) is 0 Å². The number of fused-ring (bicyclic) bond motifs is 1. The number of nitrogens with two attached hydrogens (primary N) is 1. The highest BCUT2D eigenvalue weighted by Crippen LogP contribution is 2.32. The van der Waals surface area contributed by atoms with Crippen molar-refractivity contribution >= 4 is 39.9 Å². The van der Waals surface area contributed by atoms with Crippen molar-refractivity contribution in [3.63, 3.8) is 0 Å². The molecule has 0 aliphatic carbocycles. The summed E-state index contributed by atoms with van der Waals surface area (Å²) in [6, 6.07) is 5.11. The monoisotopic (exact) mass is 346 g/mol. The molecule has 2 heterocycles. The first kappa shape index (κ1) is 17.0. The van der Waals surface area contributed by atoms with Gasteiger partial charge in [-0.1, -0.05) is 6.07 Å². The number of nitrogens with zero attached hydrogens (tertiary/aromatic N) is 1. The van der Waals surface area contributed by atoms with Crippen molar-refractivity contribution in [3.8, 4) is 0 Å². The van der Waals surface area contributed by atoms with E-state index in [1.165, 1.54) is 4.31 Å². The molecule has 4 N–H and O–H groups in total. The first-order valence-corrected chi connectivity index (χ1v) is 8.43. The van der Waals surface area contributed by atoms with Gasteiger partial charge >= 0.3 is 0 Å². The summed E-state index contributed by atoms with van der Waals surface area (Å²) < 4.78 is 24.3. The third-order valence-corrected chi connectivity index (χ3v) is 4.88. The highest BCUT2D eigenvalue weighted by molar-refractivity contribution is 7.90. The summed E-state index contributed by atoms with van der Waals surface area (Å²) >= 11 is 0. The van der Waals surface area contributed by atoms with Crippen molar-refractivity contribution in [1.82, 2.24) is 5.32 Å². The van der Waals surface area contributed by atoms with Crippen LogP contribution in [-0.4, -0.2) is 33.5 Å². The van der Waals surface area contributed by atoms with Crippen LogP contribution >= 0.6 is 12.4 Å². The summed E-state index contributed by atoms with van der Waals surface area (Å²) in [6.45, 7) is 1.19. The second-order valence-electron chi connectivity index (χ2n) is 5.35. The molecule has 122 valence electrons. The average Bonchev–Trinajstić information content (AvgIpc) is 3.06. The Morgan fingerprint density at radius 1 is 1.41 bits per heavy atom. The number of rotatable bonds is 3. The molecule has 0 saturated carbocycles. The van der Waals surface area contributed by atoms with E-state index in [4.69, 9.17) is 5.14 Å². The molecule has 1 aromatic rings. The lowest BCUT2D eigenvalue weighted by Crippen LogP contribution is -2.36. The van der Waals surface area contributed by atoms with Crippen molar-refractivity contribution < 1.29 is 13.2 Å². The van der Waals surface area contributed by atoms with E-state index in [1.54, 1.807) is 12.1 Å². The van der Waals surface area contributed by atoms with Gasteiger partial charge in [-0.3, -0.25) is 9.10 Å². The fourth-order valence-electron chi connectivity index (χ4n) is 2.83. The van der Waals surface area contributed by atoms with Gasteiger partial charge in [0.2, 0.25) is 5.91 Å². The zero-order chi connectivity index (χ0) is 15.0. The van der Waals surface area contributed by atoms with Gasteiger partial charge in [0.25, 0.3) is 10.2 Å². The number of hydrogen-bond donors (Lipinski definition) is 3. The SMILES string of the molecule is Cl.NS(=O)(=O)N1CCc2ccc(NC(=O)C3CCCN3)cc21. The van der Waals surface area contributed by atoms with Crippen LogP contribution in [0, 0.1) is 0 Å². The first-order valence-electron chi connectivity index (χ1n) is 6.93. The number of amides is 1. The van der Waals surface area contributed by atoms with E-state index in [-0.39, 0.29) is 24.4 Å². The molecule has 1 atom stereocenters. The van der Waals surface area contributed by atoms with E-state index in [1.807, 2.05) is 6.07 Å². The third kappa shape index (κ3) is 3.35. The van der Waals surface area contributed by atoms with E-state index in [2.05, 4.69) is 10.6 Å². The van der Waals surface area contributed by atoms with Gasteiger partial charge in [-0.2, -0.15) is 8.42 Å². The molecule has 0 aromatic heterocycles. The van der Waals surface area contributed by atoms with Crippen LogP contribution in [0.3, 0.4) is 0 Å². The van der Waals surface area contributed by atoms with Crippen molar-refractivity contribution in [2.24, 2.45) is 5.14 Å². The summed E-state index contributed by atoms with van der Waals surface area (Å²) in [5.74, 6) is -0.0902. The van der Waals surface area contributed by atoms with Crippen molar-refractivity contribution in [2.75, 3.05) is 22.7 Å². The van der Waals surface area contributed by atoms with Crippen LogP contribution in [-0.2, 0) is 21.4 Å². The van der Waals surface area contributed by atoms with Crippen LogP contribution in [0.4, 0.5) is 11.4 Å². The normalized spacial score (nSPS) is 20.4. The number of nitrogens with one attached hydrogen (secondary N) is 2. The molecule has 1 fully saturated rings. The Kier molecular flexibility index (Phi) is 4.96. The molecule has 1 aromatic carbocycles. The maximum absolute atomic E-state index is 12.1.